The van der Waals surface area contributed by atoms with E-state index in [-0.39, 0.29) is 13.2 Å². The lowest BCUT2D eigenvalue weighted by atomic mass is 10.2. The highest BCUT2D eigenvalue weighted by Crippen LogP contribution is 2.21. The Bertz CT molecular complexity index is 560. The van der Waals surface area contributed by atoms with Gasteiger partial charge in [-0.25, -0.2) is 9.59 Å². The van der Waals surface area contributed by atoms with Crippen molar-refractivity contribution in [2.45, 2.75) is 13.8 Å². The van der Waals surface area contributed by atoms with Crippen LogP contribution in [0, 0.1) is 6.92 Å². The summed E-state index contributed by atoms with van der Waals surface area (Å²) < 4.78 is 14.4. The maximum atomic E-state index is 11.4. The molecule has 0 aromatic heterocycles. The molecule has 0 spiro atoms. The second-order valence-electron chi connectivity index (χ2n) is 4.13. The maximum Gasteiger partial charge on any atom is 0.413 e. The van der Waals surface area contributed by atoms with Crippen molar-refractivity contribution in [2.24, 2.45) is 0 Å². The van der Waals surface area contributed by atoms with E-state index in [1.807, 2.05) is 5.32 Å². The molecule has 0 aliphatic carbocycles. The number of halogens is 1. The zero-order chi connectivity index (χ0) is 16.5. The molecule has 0 heterocycles. The molecular weight excluding hydrogens is 314 g/mol. The first-order chi connectivity index (χ1) is 10.4. The lowest BCUT2D eigenvalue weighted by molar-refractivity contribution is -0.150. The minimum atomic E-state index is -0.892. The van der Waals surface area contributed by atoms with Gasteiger partial charge in [0.05, 0.1) is 6.61 Å². The number of alkyl carbamates (subject to hydrolysis) is 1. The highest BCUT2D eigenvalue weighted by Gasteiger charge is 2.12. The fourth-order valence-electron chi connectivity index (χ4n) is 1.42. The average molecular weight is 330 g/mol. The number of carbonyl (C=O) groups excluding carboxylic acids is 3. The molecule has 1 aromatic rings. The Morgan fingerprint density at radius 2 is 1.91 bits per heavy atom. The van der Waals surface area contributed by atoms with E-state index < -0.39 is 24.6 Å². The smallest absolute Gasteiger partial charge is 0.413 e. The normalized spacial score (nSPS) is 9.77. The third-order valence-electron chi connectivity index (χ3n) is 2.36. The van der Waals surface area contributed by atoms with Gasteiger partial charge in [-0.3, -0.25) is 10.1 Å². The van der Waals surface area contributed by atoms with E-state index in [1.165, 1.54) is 0 Å². The SMILES string of the molecule is CCOC(=O)NC(=O)COC(=O)COc1ccc(Cl)cc1C. The predicted octanol–water partition coefficient (Wildman–Crippen LogP) is 1.84. The fraction of sp³-hybridized carbons (Fsp3) is 0.357. The second-order valence-corrected chi connectivity index (χ2v) is 4.56. The standard InChI is InChI=1S/C14H16ClNO6/c1-3-20-14(19)16-12(17)7-22-13(18)8-21-11-5-4-10(15)6-9(11)2/h4-6H,3,7-8H2,1-2H3,(H,16,17,19). The third kappa shape index (κ3) is 6.45. The van der Waals surface area contributed by atoms with Crippen LogP contribution in [-0.2, 0) is 19.1 Å². The Morgan fingerprint density at radius 1 is 1.18 bits per heavy atom. The number of nitrogens with one attached hydrogen (secondary N) is 1. The molecule has 0 radical (unpaired) electrons. The minimum absolute atomic E-state index is 0.132. The maximum absolute atomic E-state index is 11.4. The van der Waals surface area contributed by atoms with E-state index in [0.717, 1.165) is 5.56 Å². The number of hydrogen-bond acceptors (Lipinski definition) is 6. The number of benzene rings is 1. The molecule has 22 heavy (non-hydrogen) atoms. The van der Waals surface area contributed by atoms with Crippen LogP contribution in [0.25, 0.3) is 0 Å². The van der Waals surface area contributed by atoms with Crippen LogP contribution in [0.15, 0.2) is 18.2 Å². The molecule has 0 bridgehead atoms. The van der Waals surface area contributed by atoms with E-state index in [2.05, 4.69) is 9.47 Å². The third-order valence-corrected chi connectivity index (χ3v) is 2.60. The number of carbonyl (C=O) groups is 3. The summed E-state index contributed by atoms with van der Waals surface area (Å²) in [5.41, 5.74) is 0.764. The monoisotopic (exact) mass is 329 g/mol. The molecule has 0 atom stereocenters. The number of rotatable bonds is 6. The Balaban J connectivity index is 2.31. The largest absolute Gasteiger partial charge is 0.482 e. The molecule has 0 fully saturated rings. The van der Waals surface area contributed by atoms with Crippen molar-refractivity contribution in [1.82, 2.24) is 5.32 Å². The lowest BCUT2D eigenvalue weighted by Gasteiger charge is -2.09. The first kappa shape index (κ1) is 17.8. The van der Waals surface area contributed by atoms with E-state index >= 15 is 0 Å². The van der Waals surface area contributed by atoms with Gasteiger partial charge in [-0.2, -0.15) is 0 Å². The summed E-state index contributed by atoms with van der Waals surface area (Å²) in [7, 11) is 0. The molecule has 120 valence electrons. The van der Waals surface area contributed by atoms with Crippen molar-refractivity contribution in [3.63, 3.8) is 0 Å². The van der Waals surface area contributed by atoms with Gasteiger partial charge in [0.1, 0.15) is 5.75 Å². The van der Waals surface area contributed by atoms with Crippen LogP contribution in [0.3, 0.4) is 0 Å². The summed E-state index contributed by atoms with van der Waals surface area (Å²) in [5, 5.41) is 2.45. The van der Waals surface area contributed by atoms with Gasteiger partial charge in [0.15, 0.2) is 13.2 Å². The lowest BCUT2D eigenvalue weighted by Crippen LogP contribution is -2.35. The van der Waals surface area contributed by atoms with E-state index in [0.29, 0.717) is 10.8 Å². The number of amides is 2. The summed E-state index contributed by atoms with van der Waals surface area (Å²) >= 11 is 5.80. The Kier molecular flexibility index (Phi) is 7.18. The zero-order valence-electron chi connectivity index (χ0n) is 12.2. The van der Waals surface area contributed by atoms with Crippen LogP contribution >= 0.6 is 11.6 Å². The fourth-order valence-corrected chi connectivity index (χ4v) is 1.64. The van der Waals surface area contributed by atoms with Gasteiger partial charge in [-0.05, 0) is 37.6 Å². The average Bonchev–Trinajstić information content (AvgIpc) is 2.44. The molecule has 7 nitrogen and oxygen atoms in total. The van der Waals surface area contributed by atoms with Crippen LogP contribution in [0.2, 0.25) is 5.02 Å². The van der Waals surface area contributed by atoms with Crippen molar-refractivity contribution < 1.29 is 28.6 Å². The van der Waals surface area contributed by atoms with Crippen LogP contribution in [0.5, 0.6) is 5.75 Å². The molecule has 0 saturated heterocycles. The summed E-state index contributed by atoms with van der Waals surface area (Å²) in [6.45, 7) is 2.54. The van der Waals surface area contributed by atoms with Gasteiger partial charge >= 0.3 is 12.1 Å². The molecule has 0 aliphatic heterocycles. The van der Waals surface area contributed by atoms with E-state index in [9.17, 15) is 14.4 Å². The minimum Gasteiger partial charge on any atom is -0.482 e. The molecule has 0 unspecified atom stereocenters. The van der Waals surface area contributed by atoms with Gasteiger partial charge < -0.3 is 14.2 Å². The van der Waals surface area contributed by atoms with Crippen LogP contribution in [-0.4, -0.2) is 37.8 Å². The zero-order valence-corrected chi connectivity index (χ0v) is 12.9. The van der Waals surface area contributed by atoms with Crippen molar-refractivity contribution in [3.05, 3.63) is 28.8 Å². The quantitative estimate of drug-likeness (QED) is 0.801. The predicted molar refractivity (Wildman–Crippen MR) is 77.8 cm³/mol. The van der Waals surface area contributed by atoms with Gasteiger partial charge in [-0.15, -0.1) is 0 Å². The number of hydrogen-bond donors (Lipinski definition) is 1. The second kappa shape index (κ2) is 8.89. The molecular formula is C14H16ClNO6. The highest BCUT2D eigenvalue weighted by atomic mass is 35.5. The molecule has 0 saturated carbocycles. The number of esters is 1. The van der Waals surface area contributed by atoms with Crippen molar-refractivity contribution >= 4 is 29.6 Å². The van der Waals surface area contributed by atoms with Gasteiger partial charge in [0.2, 0.25) is 0 Å². The summed E-state index contributed by atoms with van der Waals surface area (Å²) in [6, 6.07) is 4.94. The first-order valence-electron chi connectivity index (χ1n) is 6.43. The van der Waals surface area contributed by atoms with Crippen molar-refractivity contribution in [2.75, 3.05) is 19.8 Å². The summed E-state index contributed by atoms with van der Waals surface area (Å²) in [5.74, 6) is -1.04. The van der Waals surface area contributed by atoms with Gasteiger partial charge in [0.25, 0.3) is 5.91 Å². The Morgan fingerprint density at radius 3 is 2.55 bits per heavy atom. The van der Waals surface area contributed by atoms with E-state index in [4.69, 9.17) is 16.3 Å². The van der Waals surface area contributed by atoms with Crippen LogP contribution < -0.4 is 10.1 Å². The van der Waals surface area contributed by atoms with Gasteiger partial charge in [0, 0.05) is 5.02 Å². The molecule has 8 heteroatoms. The topological polar surface area (TPSA) is 90.9 Å². The Labute approximate surface area is 132 Å². The number of ether oxygens (including phenoxy) is 3. The van der Waals surface area contributed by atoms with E-state index in [1.54, 1.807) is 32.0 Å². The summed E-state index contributed by atoms with van der Waals surface area (Å²) in [4.78, 5) is 33.6. The summed E-state index contributed by atoms with van der Waals surface area (Å²) in [6.07, 6.45) is -0.892. The first-order valence-corrected chi connectivity index (χ1v) is 6.81. The van der Waals surface area contributed by atoms with Crippen LogP contribution in [0.1, 0.15) is 12.5 Å². The number of aryl methyl sites for hydroxylation is 1. The molecule has 0 aliphatic rings. The van der Waals surface area contributed by atoms with Crippen LogP contribution in [0.4, 0.5) is 4.79 Å². The molecule has 2 amide bonds. The molecule has 1 N–H and O–H groups in total. The number of imide groups is 1. The highest BCUT2D eigenvalue weighted by molar-refractivity contribution is 6.30. The van der Waals surface area contributed by atoms with Crippen molar-refractivity contribution in [1.29, 1.82) is 0 Å². The molecule has 1 aromatic carbocycles. The molecule has 1 rings (SSSR count). The Hall–Kier alpha value is -2.28. The van der Waals surface area contributed by atoms with Gasteiger partial charge in [-0.1, -0.05) is 11.6 Å². The van der Waals surface area contributed by atoms with Crippen molar-refractivity contribution in [3.8, 4) is 5.75 Å².